The normalized spacial score (nSPS) is 13.2. The first-order valence-corrected chi connectivity index (χ1v) is 8.42. The SMILES string of the molecule is Cc1cc(NS(=O)(=O)c2ccc3c(c2)OCO3)ccc1Br. The molecule has 0 saturated heterocycles. The third-order valence-electron chi connectivity index (χ3n) is 3.06. The molecular formula is C14H12BrNO4S. The van der Waals surface area contributed by atoms with Gasteiger partial charge in [0.05, 0.1) is 4.90 Å². The number of hydrogen-bond acceptors (Lipinski definition) is 4. The molecular weight excluding hydrogens is 358 g/mol. The summed E-state index contributed by atoms with van der Waals surface area (Å²) in [6, 6.07) is 9.78. The van der Waals surface area contributed by atoms with E-state index in [0.717, 1.165) is 10.0 Å². The van der Waals surface area contributed by atoms with E-state index >= 15 is 0 Å². The second kappa shape index (κ2) is 5.23. The number of aryl methyl sites for hydroxylation is 1. The predicted octanol–water partition coefficient (Wildman–Crippen LogP) is 3.29. The van der Waals surface area contributed by atoms with Gasteiger partial charge in [-0.15, -0.1) is 0 Å². The van der Waals surface area contributed by atoms with Crippen LogP contribution in [0.4, 0.5) is 5.69 Å². The Hall–Kier alpha value is -1.73. The molecule has 0 radical (unpaired) electrons. The highest BCUT2D eigenvalue weighted by Crippen LogP contribution is 2.34. The van der Waals surface area contributed by atoms with E-state index in [4.69, 9.17) is 9.47 Å². The highest BCUT2D eigenvalue weighted by Gasteiger charge is 2.20. The molecule has 1 aliphatic rings. The quantitative estimate of drug-likeness (QED) is 0.901. The van der Waals surface area contributed by atoms with Crippen molar-refractivity contribution in [2.75, 3.05) is 11.5 Å². The van der Waals surface area contributed by atoms with Crippen molar-refractivity contribution < 1.29 is 17.9 Å². The van der Waals surface area contributed by atoms with Gasteiger partial charge in [-0.3, -0.25) is 4.72 Å². The van der Waals surface area contributed by atoms with Crippen LogP contribution in [-0.2, 0) is 10.0 Å². The fourth-order valence-electron chi connectivity index (χ4n) is 1.97. The van der Waals surface area contributed by atoms with E-state index in [0.29, 0.717) is 17.2 Å². The lowest BCUT2D eigenvalue weighted by Crippen LogP contribution is -2.13. The largest absolute Gasteiger partial charge is 0.454 e. The number of ether oxygens (including phenoxy) is 2. The second-order valence-corrected chi connectivity index (χ2v) is 7.12. The molecule has 0 unspecified atom stereocenters. The lowest BCUT2D eigenvalue weighted by atomic mass is 10.2. The van der Waals surface area contributed by atoms with Gasteiger partial charge in [0.2, 0.25) is 6.79 Å². The molecule has 0 fully saturated rings. The van der Waals surface area contributed by atoms with Crippen molar-refractivity contribution in [3.05, 3.63) is 46.4 Å². The summed E-state index contributed by atoms with van der Waals surface area (Å²) >= 11 is 3.38. The molecule has 1 N–H and O–H groups in total. The van der Waals surface area contributed by atoms with Crippen LogP contribution < -0.4 is 14.2 Å². The lowest BCUT2D eigenvalue weighted by Gasteiger charge is -2.10. The smallest absolute Gasteiger partial charge is 0.262 e. The molecule has 110 valence electrons. The van der Waals surface area contributed by atoms with Crippen molar-refractivity contribution in [3.8, 4) is 11.5 Å². The maximum Gasteiger partial charge on any atom is 0.262 e. The van der Waals surface area contributed by atoms with Crippen LogP contribution in [0.3, 0.4) is 0 Å². The van der Waals surface area contributed by atoms with Gasteiger partial charge in [0.25, 0.3) is 10.0 Å². The molecule has 1 heterocycles. The van der Waals surface area contributed by atoms with Crippen LogP contribution in [0.2, 0.25) is 0 Å². The summed E-state index contributed by atoms with van der Waals surface area (Å²) in [6.07, 6.45) is 0. The lowest BCUT2D eigenvalue weighted by molar-refractivity contribution is 0.174. The summed E-state index contributed by atoms with van der Waals surface area (Å²) in [4.78, 5) is 0.132. The molecule has 0 amide bonds. The highest BCUT2D eigenvalue weighted by atomic mass is 79.9. The van der Waals surface area contributed by atoms with Gasteiger partial charge >= 0.3 is 0 Å². The minimum atomic E-state index is -3.67. The molecule has 0 saturated carbocycles. The number of rotatable bonds is 3. The van der Waals surface area contributed by atoms with Crippen molar-refractivity contribution in [1.29, 1.82) is 0 Å². The molecule has 0 aromatic heterocycles. The number of anilines is 1. The molecule has 0 atom stereocenters. The zero-order valence-corrected chi connectivity index (χ0v) is 13.5. The van der Waals surface area contributed by atoms with E-state index in [2.05, 4.69) is 20.7 Å². The van der Waals surface area contributed by atoms with Crippen molar-refractivity contribution in [2.45, 2.75) is 11.8 Å². The predicted molar refractivity (Wildman–Crippen MR) is 82.3 cm³/mol. The highest BCUT2D eigenvalue weighted by molar-refractivity contribution is 9.10. The maximum atomic E-state index is 12.4. The van der Waals surface area contributed by atoms with Crippen molar-refractivity contribution in [1.82, 2.24) is 0 Å². The van der Waals surface area contributed by atoms with Gasteiger partial charge in [-0.1, -0.05) is 15.9 Å². The fourth-order valence-corrected chi connectivity index (χ4v) is 3.28. The Morgan fingerprint density at radius 1 is 1.10 bits per heavy atom. The maximum absolute atomic E-state index is 12.4. The minimum absolute atomic E-state index is 0.109. The fraction of sp³-hybridized carbons (Fsp3) is 0.143. The van der Waals surface area contributed by atoms with Gasteiger partial charge in [-0.25, -0.2) is 8.42 Å². The number of benzene rings is 2. The summed E-state index contributed by atoms with van der Waals surface area (Å²) < 4.78 is 38.6. The summed E-state index contributed by atoms with van der Waals surface area (Å²) in [5.74, 6) is 0.985. The molecule has 1 aliphatic heterocycles. The van der Waals surface area contributed by atoms with Crippen LogP contribution in [0.1, 0.15) is 5.56 Å². The van der Waals surface area contributed by atoms with E-state index in [1.165, 1.54) is 12.1 Å². The molecule has 2 aromatic rings. The topological polar surface area (TPSA) is 64.6 Å². The first-order valence-electron chi connectivity index (χ1n) is 6.14. The van der Waals surface area contributed by atoms with Crippen LogP contribution in [0.5, 0.6) is 11.5 Å². The van der Waals surface area contributed by atoms with Gasteiger partial charge in [0, 0.05) is 16.2 Å². The molecule has 21 heavy (non-hydrogen) atoms. The summed E-state index contributed by atoms with van der Waals surface area (Å²) in [5, 5.41) is 0. The van der Waals surface area contributed by atoms with E-state index in [1.54, 1.807) is 24.3 Å². The van der Waals surface area contributed by atoms with Crippen molar-refractivity contribution >= 4 is 31.6 Å². The average molecular weight is 370 g/mol. The minimum Gasteiger partial charge on any atom is -0.454 e. The number of hydrogen-bond donors (Lipinski definition) is 1. The van der Waals surface area contributed by atoms with Gasteiger partial charge in [0.1, 0.15) is 0 Å². The van der Waals surface area contributed by atoms with Crippen LogP contribution in [0.15, 0.2) is 45.8 Å². The van der Waals surface area contributed by atoms with E-state index in [9.17, 15) is 8.42 Å². The Bertz CT molecular complexity index is 805. The molecule has 0 aliphatic carbocycles. The molecule has 0 spiro atoms. The van der Waals surface area contributed by atoms with Crippen molar-refractivity contribution in [3.63, 3.8) is 0 Å². The number of sulfonamides is 1. The van der Waals surface area contributed by atoms with E-state index < -0.39 is 10.0 Å². The molecule has 2 aromatic carbocycles. The van der Waals surface area contributed by atoms with Gasteiger partial charge in [-0.2, -0.15) is 0 Å². The first-order chi connectivity index (χ1) is 9.95. The van der Waals surface area contributed by atoms with Crippen LogP contribution in [0, 0.1) is 6.92 Å². The van der Waals surface area contributed by atoms with E-state index in [1.807, 2.05) is 6.92 Å². The number of fused-ring (bicyclic) bond motifs is 1. The zero-order chi connectivity index (χ0) is 15.0. The van der Waals surface area contributed by atoms with Crippen LogP contribution in [-0.4, -0.2) is 15.2 Å². The van der Waals surface area contributed by atoms with Crippen LogP contribution >= 0.6 is 15.9 Å². The monoisotopic (exact) mass is 369 g/mol. The molecule has 5 nitrogen and oxygen atoms in total. The van der Waals surface area contributed by atoms with Crippen LogP contribution in [0.25, 0.3) is 0 Å². The first kappa shape index (κ1) is 14.2. The van der Waals surface area contributed by atoms with E-state index in [-0.39, 0.29) is 11.7 Å². The summed E-state index contributed by atoms with van der Waals surface area (Å²) in [6.45, 7) is 2.00. The molecule has 3 rings (SSSR count). The Morgan fingerprint density at radius 2 is 1.86 bits per heavy atom. The zero-order valence-electron chi connectivity index (χ0n) is 11.1. The standard InChI is InChI=1S/C14H12BrNO4S/c1-9-6-10(2-4-12(9)15)16-21(17,18)11-3-5-13-14(7-11)20-8-19-13/h2-7,16H,8H2,1H3. The average Bonchev–Trinajstić information content (AvgIpc) is 2.90. The van der Waals surface area contributed by atoms with Gasteiger partial charge in [-0.05, 0) is 42.8 Å². The summed E-state index contributed by atoms with van der Waals surface area (Å²) in [5.41, 5.74) is 1.45. The third-order valence-corrected chi connectivity index (χ3v) is 5.33. The molecule has 7 heteroatoms. The Morgan fingerprint density at radius 3 is 2.62 bits per heavy atom. The molecule has 0 bridgehead atoms. The Labute approximate surface area is 131 Å². The van der Waals surface area contributed by atoms with Gasteiger partial charge < -0.3 is 9.47 Å². The third kappa shape index (κ3) is 2.84. The Balaban J connectivity index is 1.91. The summed E-state index contributed by atoms with van der Waals surface area (Å²) in [7, 11) is -3.67. The number of nitrogens with one attached hydrogen (secondary N) is 1. The Kier molecular flexibility index (Phi) is 3.54. The van der Waals surface area contributed by atoms with Gasteiger partial charge in [0.15, 0.2) is 11.5 Å². The second-order valence-electron chi connectivity index (χ2n) is 4.58. The number of halogens is 1. The van der Waals surface area contributed by atoms with Crippen molar-refractivity contribution in [2.24, 2.45) is 0 Å².